The molecule has 1 aromatic carbocycles. The number of hydrogen-bond acceptors (Lipinski definition) is 4. The van der Waals surface area contributed by atoms with Crippen LogP contribution in [0.3, 0.4) is 0 Å². The highest BCUT2D eigenvalue weighted by Crippen LogP contribution is 2.25. The van der Waals surface area contributed by atoms with E-state index in [0.717, 1.165) is 10.9 Å². The van der Waals surface area contributed by atoms with Gasteiger partial charge in [-0.15, -0.1) is 0 Å². The van der Waals surface area contributed by atoms with Crippen molar-refractivity contribution in [2.24, 2.45) is 4.99 Å². The molecule has 0 spiro atoms. The second kappa shape index (κ2) is 4.23. The van der Waals surface area contributed by atoms with Crippen molar-refractivity contribution in [2.75, 3.05) is 17.0 Å². The van der Waals surface area contributed by atoms with Crippen LogP contribution in [0.15, 0.2) is 29.3 Å². The first-order chi connectivity index (χ1) is 7.96. The summed E-state index contributed by atoms with van der Waals surface area (Å²) < 4.78 is 0. The third kappa shape index (κ3) is 2.86. The van der Waals surface area contributed by atoms with Gasteiger partial charge >= 0.3 is 0 Å². The highest BCUT2D eigenvalue weighted by Gasteiger charge is 2.19. The van der Waals surface area contributed by atoms with Gasteiger partial charge in [-0.25, -0.2) is 10.4 Å². The number of nitrogens with one attached hydrogen (secondary N) is 2. The third-order valence-electron chi connectivity index (χ3n) is 2.22. The summed E-state index contributed by atoms with van der Waals surface area (Å²) in [6.45, 7) is 3.58. The molecule has 0 saturated carbocycles. The molecule has 0 bridgehead atoms. The second-order valence-corrected chi connectivity index (χ2v) is 4.54. The summed E-state index contributed by atoms with van der Waals surface area (Å²) in [5.74, 6) is 0.397. The van der Waals surface area contributed by atoms with E-state index in [0.29, 0.717) is 11.6 Å². The first kappa shape index (κ1) is 11.7. The summed E-state index contributed by atoms with van der Waals surface area (Å²) in [5.41, 5.74) is 3.15. The Morgan fingerprint density at radius 2 is 2.06 bits per heavy atom. The van der Waals surface area contributed by atoms with E-state index in [1.807, 2.05) is 18.2 Å². The van der Waals surface area contributed by atoms with Crippen LogP contribution in [0.1, 0.15) is 13.8 Å². The maximum absolute atomic E-state index is 9.70. The molecule has 0 amide bonds. The molecule has 92 valence electrons. The minimum absolute atomic E-state index is 0.234. The lowest BCUT2D eigenvalue weighted by Gasteiger charge is -2.29. The number of fused-ring (bicyclic) bond motifs is 1. The van der Waals surface area contributed by atoms with Crippen molar-refractivity contribution in [1.82, 2.24) is 5.43 Å². The van der Waals surface area contributed by atoms with Gasteiger partial charge in [0.05, 0.1) is 17.8 Å². The lowest BCUT2D eigenvalue weighted by molar-refractivity contribution is 0.0902. The van der Waals surface area contributed by atoms with E-state index in [9.17, 15) is 10.3 Å². The first-order valence-electron chi connectivity index (χ1n) is 5.34. The molecule has 2 rings (SSSR count). The Balaban J connectivity index is 2.17. The van der Waals surface area contributed by atoms with E-state index in [4.69, 9.17) is 0 Å². The zero-order valence-electron chi connectivity index (χ0n) is 9.81. The summed E-state index contributed by atoms with van der Waals surface area (Å²) in [5, 5.41) is 23.2. The van der Waals surface area contributed by atoms with Gasteiger partial charge in [-0.1, -0.05) is 12.1 Å². The Morgan fingerprint density at radius 1 is 1.35 bits per heavy atom. The number of nitrogens with zero attached hydrogens (tertiary/aromatic N) is 2. The van der Waals surface area contributed by atoms with E-state index in [1.165, 1.54) is 0 Å². The molecule has 0 atom stereocenters. The highest BCUT2D eigenvalue weighted by atomic mass is 16.5. The van der Waals surface area contributed by atoms with Crippen LogP contribution in [0, 0.1) is 0 Å². The van der Waals surface area contributed by atoms with E-state index in [2.05, 4.69) is 15.7 Å². The molecule has 1 aromatic rings. The van der Waals surface area contributed by atoms with Gasteiger partial charge in [0.2, 0.25) is 5.96 Å². The topological polar surface area (TPSA) is 80.1 Å². The summed E-state index contributed by atoms with van der Waals surface area (Å²) in [6, 6.07) is 7.28. The molecule has 0 fully saturated rings. The van der Waals surface area contributed by atoms with Crippen LogP contribution in [0.25, 0.3) is 0 Å². The molecule has 1 aliphatic rings. The molecule has 0 radical (unpaired) electrons. The third-order valence-corrected chi connectivity index (χ3v) is 2.22. The van der Waals surface area contributed by atoms with Crippen molar-refractivity contribution in [3.8, 4) is 0 Å². The van der Waals surface area contributed by atoms with Gasteiger partial charge in [-0.05, 0) is 26.0 Å². The standard InChI is InChI=1S/C11H16N4O2/c1-11(2,16)7-12-10-13-8-5-3-4-6-9(8)15(17)14-10/h3-6,16-17H,7H2,1-2H3,(H2,12,13,14). The molecular weight excluding hydrogens is 220 g/mol. The Hall–Kier alpha value is -1.79. The zero-order chi connectivity index (χ0) is 12.5. The smallest absolute Gasteiger partial charge is 0.217 e. The average molecular weight is 236 g/mol. The molecule has 6 nitrogen and oxygen atoms in total. The quantitative estimate of drug-likeness (QED) is 0.614. The van der Waals surface area contributed by atoms with Gasteiger partial charge in [0.1, 0.15) is 5.69 Å². The minimum atomic E-state index is -0.881. The number of guanidine groups is 1. The average Bonchev–Trinajstić information content (AvgIpc) is 2.26. The maximum Gasteiger partial charge on any atom is 0.217 e. The second-order valence-electron chi connectivity index (χ2n) is 4.54. The van der Waals surface area contributed by atoms with Crippen LogP contribution in [0.2, 0.25) is 0 Å². The van der Waals surface area contributed by atoms with Gasteiger partial charge in [0.25, 0.3) is 0 Å². The normalized spacial score (nSPS) is 17.4. The van der Waals surface area contributed by atoms with Gasteiger partial charge in [-0.3, -0.25) is 5.21 Å². The monoisotopic (exact) mass is 236 g/mol. The SMILES string of the molecule is CC(C)(O)CN=C1Nc2ccccc2N(O)N1. The molecular formula is C11H16N4O2. The molecule has 0 aromatic heterocycles. The van der Waals surface area contributed by atoms with E-state index in [1.54, 1.807) is 19.9 Å². The maximum atomic E-state index is 9.70. The molecule has 4 N–H and O–H groups in total. The largest absolute Gasteiger partial charge is 0.389 e. The van der Waals surface area contributed by atoms with Crippen molar-refractivity contribution >= 4 is 17.3 Å². The van der Waals surface area contributed by atoms with Crippen molar-refractivity contribution < 1.29 is 10.3 Å². The highest BCUT2D eigenvalue weighted by molar-refractivity contribution is 6.00. The minimum Gasteiger partial charge on any atom is -0.389 e. The summed E-state index contributed by atoms with van der Waals surface area (Å²) in [4.78, 5) is 4.15. The van der Waals surface area contributed by atoms with Gasteiger partial charge in [0, 0.05) is 0 Å². The number of hydrazine groups is 1. The predicted octanol–water partition coefficient (Wildman–Crippen LogP) is 0.939. The molecule has 1 heterocycles. The van der Waals surface area contributed by atoms with E-state index in [-0.39, 0.29) is 6.54 Å². The number of hydrogen-bond donors (Lipinski definition) is 4. The van der Waals surface area contributed by atoms with Gasteiger partial charge < -0.3 is 10.4 Å². The van der Waals surface area contributed by atoms with Gasteiger partial charge in [-0.2, -0.15) is 5.17 Å². The number of para-hydroxylation sites is 2. The first-order valence-corrected chi connectivity index (χ1v) is 5.34. The Kier molecular flexibility index (Phi) is 2.91. The molecule has 1 aliphatic heterocycles. The fourth-order valence-corrected chi connectivity index (χ4v) is 1.43. The molecule has 0 aliphatic carbocycles. The fraction of sp³-hybridized carbons (Fsp3) is 0.364. The number of benzene rings is 1. The van der Waals surface area contributed by atoms with Crippen molar-refractivity contribution in [1.29, 1.82) is 0 Å². The lowest BCUT2D eigenvalue weighted by atomic mass is 10.1. The number of aliphatic hydroxyl groups is 1. The molecule has 0 unspecified atom stereocenters. The molecule has 0 saturated heterocycles. The van der Waals surface area contributed by atoms with E-state index < -0.39 is 5.60 Å². The summed E-state index contributed by atoms with van der Waals surface area (Å²) in [6.07, 6.45) is 0. The van der Waals surface area contributed by atoms with Crippen LogP contribution >= 0.6 is 0 Å². The number of rotatable bonds is 2. The van der Waals surface area contributed by atoms with Crippen LogP contribution < -0.4 is 15.9 Å². The van der Waals surface area contributed by atoms with Crippen molar-refractivity contribution in [3.05, 3.63) is 24.3 Å². The molecule has 17 heavy (non-hydrogen) atoms. The van der Waals surface area contributed by atoms with E-state index >= 15 is 0 Å². The Morgan fingerprint density at radius 3 is 2.76 bits per heavy atom. The van der Waals surface area contributed by atoms with Gasteiger partial charge in [0.15, 0.2) is 0 Å². The predicted molar refractivity (Wildman–Crippen MR) is 66.1 cm³/mol. The number of aliphatic imine (C=N–C) groups is 1. The zero-order valence-corrected chi connectivity index (χ0v) is 9.81. The van der Waals surface area contributed by atoms with Crippen LogP contribution in [-0.2, 0) is 0 Å². The number of anilines is 2. The fourth-order valence-electron chi connectivity index (χ4n) is 1.43. The van der Waals surface area contributed by atoms with Crippen LogP contribution in [0.4, 0.5) is 11.4 Å². The summed E-state index contributed by atoms with van der Waals surface area (Å²) >= 11 is 0. The lowest BCUT2D eigenvalue weighted by Crippen LogP contribution is -2.48. The van der Waals surface area contributed by atoms with Crippen molar-refractivity contribution in [3.63, 3.8) is 0 Å². The van der Waals surface area contributed by atoms with Crippen LogP contribution in [-0.4, -0.2) is 28.4 Å². The molecule has 6 heteroatoms. The van der Waals surface area contributed by atoms with Crippen LogP contribution in [0.5, 0.6) is 0 Å². The Bertz CT molecular complexity index is 439. The Labute approximate surface area is 99.5 Å². The van der Waals surface area contributed by atoms with Crippen molar-refractivity contribution in [2.45, 2.75) is 19.4 Å². The summed E-state index contributed by atoms with van der Waals surface area (Å²) in [7, 11) is 0.